The molecule has 2 amide bonds. The maximum atomic E-state index is 13.6. The van der Waals surface area contributed by atoms with Crippen LogP contribution in [0.5, 0.6) is 0 Å². The van der Waals surface area contributed by atoms with E-state index < -0.39 is 46.8 Å². The number of benzene rings is 2. The molecule has 0 saturated carbocycles. The van der Waals surface area contributed by atoms with Crippen LogP contribution in [0.15, 0.2) is 36.4 Å². The summed E-state index contributed by atoms with van der Waals surface area (Å²) in [5.41, 5.74) is -0.0931. The normalized spacial score (nSPS) is 13.0. The van der Waals surface area contributed by atoms with E-state index in [1.807, 2.05) is 0 Å². The van der Waals surface area contributed by atoms with Crippen LogP contribution in [0.1, 0.15) is 6.92 Å². The Hall–Kier alpha value is -2.94. The lowest BCUT2D eigenvalue weighted by molar-refractivity contribution is -0.885. The number of quaternary nitrogens is 1. The monoisotopic (exact) mass is 384 g/mol. The molecule has 3 N–H and O–H groups in total. The molecule has 9 heteroatoms. The minimum absolute atomic E-state index is 0.226. The summed E-state index contributed by atoms with van der Waals surface area (Å²) in [6.45, 7) is 1.34. The Morgan fingerprint density at radius 2 is 1.59 bits per heavy atom. The van der Waals surface area contributed by atoms with Crippen molar-refractivity contribution in [2.24, 2.45) is 0 Å². The third-order valence-electron chi connectivity index (χ3n) is 3.99. The molecule has 2 atom stereocenters. The van der Waals surface area contributed by atoms with Crippen LogP contribution in [0.3, 0.4) is 0 Å². The van der Waals surface area contributed by atoms with Crippen LogP contribution in [-0.2, 0) is 9.59 Å². The fourth-order valence-corrected chi connectivity index (χ4v) is 2.23. The molecule has 0 radical (unpaired) electrons. The van der Waals surface area contributed by atoms with Gasteiger partial charge in [0.05, 0.1) is 12.7 Å². The lowest BCUT2D eigenvalue weighted by atomic mass is 10.2. The molecule has 2 aromatic rings. The van der Waals surface area contributed by atoms with Gasteiger partial charge in [-0.05, 0) is 43.3 Å². The molecule has 0 aliphatic rings. The molecule has 0 saturated heterocycles. The Bertz CT molecular complexity index is 843. The Kier molecular flexibility index (Phi) is 6.51. The molecule has 0 fully saturated rings. The van der Waals surface area contributed by atoms with Gasteiger partial charge in [-0.15, -0.1) is 0 Å². The third-order valence-corrected chi connectivity index (χ3v) is 3.99. The Labute approximate surface area is 153 Å². The summed E-state index contributed by atoms with van der Waals surface area (Å²) in [5, 5.41) is 4.73. The van der Waals surface area contributed by atoms with Gasteiger partial charge in [0.15, 0.2) is 30.0 Å². The topological polar surface area (TPSA) is 62.6 Å². The van der Waals surface area contributed by atoms with E-state index in [1.54, 1.807) is 14.0 Å². The third kappa shape index (κ3) is 5.27. The summed E-state index contributed by atoms with van der Waals surface area (Å²) in [7, 11) is 1.57. The molecule has 0 aliphatic carbocycles. The lowest BCUT2D eigenvalue weighted by Gasteiger charge is -2.20. The molecular formula is C18H18F4N3O2+. The average Bonchev–Trinajstić information content (AvgIpc) is 2.63. The molecule has 1 unspecified atom stereocenters. The van der Waals surface area contributed by atoms with E-state index in [4.69, 9.17) is 0 Å². The summed E-state index contributed by atoms with van der Waals surface area (Å²) in [6.07, 6.45) is 0. The molecule has 0 heterocycles. The van der Waals surface area contributed by atoms with Gasteiger partial charge in [-0.3, -0.25) is 9.59 Å². The fraction of sp³-hybridized carbons (Fsp3) is 0.222. The number of hydrogen-bond acceptors (Lipinski definition) is 2. The van der Waals surface area contributed by atoms with E-state index in [0.717, 1.165) is 6.07 Å². The minimum atomic E-state index is -1.68. The summed E-state index contributed by atoms with van der Waals surface area (Å²) in [6, 6.07) is 6.12. The van der Waals surface area contributed by atoms with Crippen LogP contribution in [0, 0.1) is 23.3 Å². The molecule has 2 aromatic carbocycles. The molecule has 0 bridgehead atoms. The maximum Gasteiger partial charge on any atom is 0.282 e. The zero-order valence-corrected chi connectivity index (χ0v) is 14.6. The first-order valence-corrected chi connectivity index (χ1v) is 8.01. The van der Waals surface area contributed by atoms with Gasteiger partial charge in [-0.2, -0.15) is 0 Å². The number of rotatable bonds is 6. The standard InChI is InChI=1S/C18H17F4N3O2/c1-10(18(27)23-12-5-3-11(19)4-6-12)25(2)9-15(26)24-14-8-7-13(20)16(21)17(14)22/h3-8,10H,9H2,1-2H3,(H,23,27)(H,24,26)/p+1/t10-/m1/s1. The first-order valence-electron chi connectivity index (χ1n) is 8.01. The van der Waals surface area contributed by atoms with Crippen LogP contribution < -0.4 is 15.5 Å². The molecule has 2 rings (SSSR count). The maximum absolute atomic E-state index is 13.6. The van der Waals surface area contributed by atoms with Crippen LogP contribution >= 0.6 is 0 Å². The van der Waals surface area contributed by atoms with Crippen molar-refractivity contribution in [1.82, 2.24) is 0 Å². The fourth-order valence-electron chi connectivity index (χ4n) is 2.23. The smallest absolute Gasteiger partial charge is 0.282 e. The van der Waals surface area contributed by atoms with Crippen LogP contribution in [0.2, 0.25) is 0 Å². The van der Waals surface area contributed by atoms with Gasteiger partial charge in [0.1, 0.15) is 5.82 Å². The van der Waals surface area contributed by atoms with Crippen LogP contribution in [-0.4, -0.2) is 31.4 Å². The number of carbonyl (C=O) groups is 2. The summed E-state index contributed by atoms with van der Waals surface area (Å²) < 4.78 is 52.6. The van der Waals surface area contributed by atoms with Crippen molar-refractivity contribution in [3.63, 3.8) is 0 Å². The van der Waals surface area contributed by atoms with Gasteiger partial charge in [0, 0.05) is 5.69 Å². The van der Waals surface area contributed by atoms with Crippen molar-refractivity contribution < 1.29 is 32.1 Å². The van der Waals surface area contributed by atoms with E-state index in [0.29, 0.717) is 16.7 Å². The Morgan fingerprint density at radius 1 is 0.963 bits per heavy atom. The van der Waals surface area contributed by atoms with E-state index in [-0.39, 0.29) is 6.54 Å². The number of carbonyl (C=O) groups excluding carboxylic acids is 2. The molecule has 144 valence electrons. The van der Waals surface area contributed by atoms with Crippen LogP contribution in [0.25, 0.3) is 0 Å². The molecule has 0 spiro atoms. The first kappa shape index (κ1) is 20.4. The quantitative estimate of drug-likeness (QED) is 0.525. The van der Waals surface area contributed by atoms with Crippen LogP contribution in [0.4, 0.5) is 28.9 Å². The number of likely N-dealkylation sites (N-methyl/N-ethyl adjacent to an activating group) is 1. The number of halogens is 4. The van der Waals surface area contributed by atoms with Crippen molar-refractivity contribution in [1.29, 1.82) is 0 Å². The van der Waals surface area contributed by atoms with Gasteiger partial charge in [-0.25, -0.2) is 17.6 Å². The zero-order valence-electron chi connectivity index (χ0n) is 14.6. The second-order valence-electron chi connectivity index (χ2n) is 6.01. The molecular weight excluding hydrogens is 366 g/mol. The highest BCUT2D eigenvalue weighted by molar-refractivity contribution is 5.94. The highest BCUT2D eigenvalue weighted by atomic mass is 19.2. The van der Waals surface area contributed by atoms with Crippen molar-refractivity contribution in [3.8, 4) is 0 Å². The van der Waals surface area contributed by atoms with E-state index in [1.165, 1.54) is 24.3 Å². The average molecular weight is 384 g/mol. The van der Waals surface area contributed by atoms with E-state index >= 15 is 0 Å². The van der Waals surface area contributed by atoms with Gasteiger partial charge < -0.3 is 15.5 Å². The highest BCUT2D eigenvalue weighted by Crippen LogP contribution is 2.19. The van der Waals surface area contributed by atoms with Crippen molar-refractivity contribution in [3.05, 3.63) is 59.7 Å². The second kappa shape index (κ2) is 8.63. The number of hydrogen-bond donors (Lipinski definition) is 3. The Morgan fingerprint density at radius 3 is 2.22 bits per heavy atom. The molecule has 0 aliphatic heterocycles. The van der Waals surface area contributed by atoms with Crippen molar-refractivity contribution in [2.75, 3.05) is 24.2 Å². The number of anilines is 2. The lowest BCUT2D eigenvalue weighted by Crippen LogP contribution is -3.14. The zero-order chi connectivity index (χ0) is 20.1. The summed E-state index contributed by atoms with van der Waals surface area (Å²) >= 11 is 0. The highest BCUT2D eigenvalue weighted by Gasteiger charge is 2.25. The second-order valence-corrected chi connectivity index (χ2v) is 6.01. The molecule has 5 nitrogen and oxygen atoms in total. The van der Waals surface area contributed by atoms with Gasteiger partial charge >= 0.3 is 0 Å². The van der Waals surface area contributed by atoms with E-state index in [9.17, 15) is 27.2 Å². The summed E-state index contributed by atoms with van der Waals surface area (Å²) in [4.78, 5) is 24.7. The predicted octanol–water partition coefficient (Wildman–Crippen LogP) is 1.72. The first-order chi connectivity index (χ1) is 12.7. The largest absolute Gasteiger partial charge is 0.321 e. The van der Waals surface area contributed by atoms with E-state index in [2.05, 4.69) is 10.6 Å². The number of nitrogens with one attached hydrogen (secondary N) is 3. The van der Waals surface area contributed by atoms with Crippen molar-refractivity contribution >= 4 is 23.2 Å². The Balaban J connectivity index is 1.94. The SMILES string of the molecule is C[C@H](C(=O)Nc1ccc(F)cc1)[NH+](C)CC(=O)Nc1ccc(F)c(F)c1F. The number of amides is 2. The molecule has 27 heavy (non-hydrogen) atoms. The van der Waals surface area contributed by atoms with Crippen molar-refractivity contribution in [2.45, 2.75) is 13.0 Å². The predicted molar refractivity (Wildman–Crippen MR) is 91.2 cm³/mol. The summed E-state index contributed by atoms with van der Waals surface area (Å²) in [5.74, 6) is -6.07. The van der Waals surface area contributed by atoms with Gasteiger partial charge in [-0.1, -0.05) is 0 Å². The van der Waals surface area contributed by atoms with Gasteiger partial charge in [0.2, 0.25) is 0 Å². The van der Waals surface area contributed by atoms with Gasteiger partial charge in [0.25, 0.3) is 11.8 Å². The molecule has 0 aromatic heterocycles. The minimum Gasteiger partial charge on any atom is -0.321 e.